The minimum atomic E-state index is -0.208. The van der Waals surface area contributed by atoms with Crippen molar-refractivity contribution < 1.29 is 4.79 Å². The Balaban J connectivity index is 1.46. The van der Waals surface area contributed by atoms with Crippen molar-refractivity contribution in [2.75, 3.05) is 0 Å². The molecule has 3 aromatic carbocycles. The summed E-state index contributed by atoms with van der Waals surface area (Å²) in [5.41, 5.74) is 7.53. The quantitative estimate of drug-likeness (QED) is 0.360. The highest BCUT2D eigenvalue weighted by Crippen LogP contribution is 2.57. The van der Waals surface area contributed by atoms with Gasteiger partial charge in [-0.25, -0.2) is 5.01 Å². The van der Waals surface area contributed by atoms with Crippen LogP contribution in [0.3, 0.4) is 0 Å². The Morgan fingerprint density at radius 2 is 1.74 bits per heavy atom. The molecule has 3 heterocycles. The van der Waals surface area contributed by atoms with Gasteiger partial charge in [-0.2, -0.15) is 5.01 Å². The van der Waals surface area contributed by atoms with Gasteiger partial charge < -0.3 is 4.57 Å². The van der Waals surface area contributed by atoms with E-state index >= 15 is 0 Å². The minimum Gasteiger partial charge on any atom is -0.341 e. The van der Waals surface area contributed by atoms with Crippen molar-refractivity contribution in [1.82, 2.24) is 14.6 Å². The molecule has 2 unspecified atom stereocenters. The van der Waals surface area contributed by atoms with E-state index in [1.165, 1.54) is 32.9 Å². The van der Waals surface area contributed by atoms with Crippen LogP contribution in [0.1, 0.15) is 49.9 Å². The van der Waals surface area contributed by atoms with Crippen molar-refractivity contribution >= 4 is 33.8 Å². The van der Waals surface area contributed by atoms with Crippen LogP contribution in [0.5, 0.6) is 0 Å². The predicted octanol–water partition coefficient (Wildman–Crippen LogP) is 6.31. The third kappa shape index (κ3) is 2.55. The van der Waals surface area contributed by atoms with Crippen LogP contribution in [-0.4, -0.2) is 26.0 Å². The van der Waals surface area contributed by atoms with Crippen molar-refractivity contribution in [1.29, 1.82) is 0 Å². The monoisotopic (exact) mass is 447 g/mol. The van der Waals surface area contributed by atoms with Crippen LogP contribution in [0.2, 0.25) is 0 Å². The van der Waals surface area contributed by atoms with Gasteiger partial charge in [0.15, 0.2) is 0 Å². The summed E-state index contributed by atoms with van der Waals surface area (Å²) in [6.45, 7) is 7.61. The van der Waals surface area contributed by atoms with E-state index in [0.29, 0.717) is 6.42 Å². The zero-order valence-electron chi connectivity index (χ0n) is 20.0. The van der Waals surface area contributed by atoms with Crippen LogP contribution >= 0.6 is 0 Å². The number of benzene rings is 3. The van der Waals surface area contributed by atoms with Crippen molar-refractivity contribution in [2.45, 2.75) is 51.7 Å². The molecule has 0 saturated carbocycles. The molecule has 2 saturated heterocycles. The van der Waals surface area contributed by atoms with Crippen LogP contribution in [0, 0.1) is 5.92 Å². The lowest BCUT2D eigenvalue weighted by Crippen LogP contribution is -2.43. The molecule has 1 aliphatic carbocycles. The Morgan fingerprint density at radius 3 is 2.53 bits per heavy atom. The fourth-order valence-corrected chi connectivity index (χ4v) is 6.81. The van der Waals surface area contributed by atoms with Crippen molar-refractivity contribution in [2.24, 2.45) is 5.92 Å². The van der Waals surface area contributed by atoms with E-state index in [2.05, 4.69) is 97.1 Å². The van der Waals surface area contributed by atoms with Crippen molar-refractivity contribution in [3.63, 3.8) is 0 Å². The Morgan fingerprint density at radius 1 is 0.971 bits per heavy atom. The summed E-state index contributed by atoms with van der Waals surface area (Å²) in [6.07, 6.45) is 3.76. The molecule has 170 valence electrons. The number of carbonyl (C=O) groups excluding carboxylic acids is 1. The summed E-state index contributed by atoms with van der Waals surface area (Å²) >= 11 is 0. The van der Waals surface area contributed by atoms with Gasteiger partial charge in [-0.1, -0.05) is 48.5 Å². The largest absolute Gasteiger partial charge is 0.341 e. The van der Waals surface area contributed by atoms with Gasteiger partial charge in [-0.3, -0.25) is 4.79 Å². The van der Waals surface area contributed by atoms with Gasteiger partial charge in [0.25, 0.3) is 0 Å². The molecule has 0 radical (unpaired) electrons. The first-order chi connectivity index (χ1) is 16.5. The van der Waals surface area contributed by atoms with Crippen molar-refractivity contribution in [3.8, 4) is 0 Å². The van der Waals surface area contributed by atoms with E-state index in [-0.39, 0.29) is 23.4 Å². The smallest absolute Gasteiger partial charge is 0.243 e. The lowest BCUT2D eigenvalue weighted by molar-refractivity contribution is -0.134. The van der Waals surface area contributed by atoms with Crippen LogP contribution in [0.15, 0.2) is 72.4 Å². The van der Waals surface area contributed by atoms with Crippen LogP contribution < -0.4 is 0 Å². The van der Waals surface area contributed by atoms with E-state index in [1.54, 1.807) is 0 Å². The molecule has 0 bridgehead atoms. The Kier molecular flexibility index (Phi) is 4.03. The Labute approximate surface area is 200 Å². The number of rotatable bonds is 2. The van der Waals surface area contributed by atoms with Crippen molar-refractivity contribution in [3.05, 3.63) is 89.1 Å². The molecule has 0 N–H and O–H groups in total. The maximum atomic E-state index is 13.3. The fraction of sp³-hybridized carbons (Fsp3) is 0.300. The Bertz CT molecular complexity index is 1510. The first kappa shape index (κ1) is 20.0. The number of fused-ring (bicyclic) bond motifs is 8. The molecule has 4 heteroatoms. The number of amides is 1. The average Bonchev–Trinajstić information content (AvgIpc) is 3.50. The summed E-state index contributed by atoms with van der Waals surface area (Å²) in [7, 11) is 0. The second kappa shape index (κ2) is 6.83. The van der Waals surface area contributed by atoms with Gasteiger partial charge in [0.2, 0.25) is 5.91 Å². The molecule has 34 heavy (non-hydrogen) atoms. The number of hydrogen-bond donors (Lipinski definition) is 0. The van der Waals surface area contributed by atoms with Crippen LogP contribution in [-0.2, 0) is 17.8 Å². The Hall–Kier alpha value is -3.37. The second-order valence-electron chi connectivity index (χ2n) is 10.6. The minimum absolute atomic E-state index is 0.194. The molecule has 2 atom stereocenters. The highest BCUT2D eigenvalue weighted by Gasteiger charge is 2.59. The molecule has 2 aliphatic heterocycles. The molecule has 3 aliphatic rings. The van der Waals surface area contributed by atoms with E-state index < -0.39 is 0 Å². The standard InChI is InChI=1S/C30H29N3O/c1-4-31-25-13-9-8-12-21(25)23-17-22-20(16-26(23)31)15-24-27(14-19-10-6-5-7-11-19)32-28(34)18-30(2,3)33(32)29(22)24/h5-14,16-17,24,29H,4,15,18H2,1-3H3/b27-14+. The normalized spacial score (nSPS) is 24.4. The van der Waals surface area contributed by atoms with E-state index in [0.717, 1.165) is 24.2 Å². The first-order valence-corrected chi connectivity index (χ1v) is 12.4. The molecule has 4 aromatic rings. The predicted molar refractivity (Wildman–Crippen MR) is 137 cm³/mol. The van der Waals surface area contributed by atoms with Gasteiger partial charge >= 0.3 is 0 Å². The third-order valence-electron chi connectivity index (χ3n) is 8.15. The van der Waals surface area contributed by atoms with Gasteiger partial charge in [0.05, 0.1) is 6.04 Å². The zero-order valence-corrected chi connectivity index (χ0v) is 20.0. The highest BCUT2D eigenvalue weighted by atomic mass is 16.2. The second-order valence-corrected chi connectivity index (χ2v) is 10.6. The first-order valence-electron chi connectivity index (χ1n) is 12.4. The van der Waals surface area contributed by atoms with Gasteiger partial charge in [-0.05, 0) is 68.2 Å². The molecule has 2 fully saturated rings. The lowest BCUT2D eigenvalue weighted by atomic mass is 9.92. The number of hydrazine groups is 1. The molecular weight excluding hydrogens is 418 g/mol. The molecule has 1 aromatic heterocycles. The molecule has 1 amide bonds. The number of para-hydroxylation sites is 1. The maximum Gasteiger partial charge on any atom is 0.243 e. The number of carbonyl (C=O) groups is 1. The van der Waals surface area contributed by atoms with Gasteiger partial charge in [0, 0.05) is 51.9 Å². The third-order valence-corrected chi connectivity index (χ3v) is 8.15. The molecule has 4 nitrogen and oxygen atoms in total. The summed E-state index contributed by atoms with van der Waals surface area (Å²) in [6, 6.07) is 24.2. The molecular formula is C30H29N3O. The topological polar surface area (TPSA) is 28.5 Å². The number of nitrogens with zero attached hydrogens (tertiary/aromatic N) is 3. The van der Waals surface area contributed by atoms with Crippen LogP contribution in [0.4, 0.5) is 0 Å². The summed E-state index contributed by atoms with van der Waals surface area (Å²) in [5.74, 6) is 0.498. The SMILES string of the molecule is CCn1c2ccccc2c2cc3c(cc21)CC1/C(=C\c2ccccc2)N2C(=O)CC(C)(C)N2C31. The summed E-state index contributed by atoms with van der Waals surface area (Å²) < 4.78 is 2.44. The van der Waals surface area contributed by atoms with Crippen LogP contribution in [0.25, 0.3) is 27.9 Å². The summed E-state index contributed by atoms with van der Waals surface area (Å²) in [5, 5.41) is 7.06. The molecule has 7 rings (SSSR count). The van der Waals surface area contributed by atoms with Gasteiger partial charge in [0.1, 0.15) is 0 Å². The molecule has 0 spiro atoms. The highest BCUT2D eigenvalue weighted by molar-refractivity contribution is 6.08. The summed E-state index contributed by atoms with van der Waals surface area (Å²) in [4.78, 5) is 13.3. The average molecular weight is 448 g/mol. The maximum absolute atomic E-state index is 13.3. The number of aryl methyl sites for hydroxylation is 1. The zero-order chi connectivity index (χ0) is 23.2. The lowest BCUT2D eigenvalue weighted by Gasteiger charge is -2.35. The number of aromatic nitrogens is 1. The fourth-order valence-electron chi connectivity index (χ4n) is 6.81. The number of hydrogen-bond acceptors (Lipinski definition) is 2. The van der Waals surface area contributed by atoms with E-state index in [9.17, 15) is 4.79 Å². The van der Waals surface area contributed by atoms with E-state index in [1.807, 2.05) is 11.1 Å². The van der Waals surface area contributed by atoms with E-state index in [4.69, 9.17) is 0 Å². The van der Waals surface area contributed by atoms with Gasteiger partial charge in [-0.15, -0.1) is 0 Å².